The lowest BCUT2D eigenvalue weighted by Gasteiger charge is -2.29. The van der Waals surface area contributed by atoms with Crippen LogP contribution in [0.4, 0.5) is 0 Å². The molecule has 1 saturated carbocycles. The number of nitrogens with one attached hydrogen (secondary N) is 1. The molecule has 0 aromatic carbocycles. The number of hydrogen-bond acceptors (Lipinski definition) is 4. The second-order valence-electron chi connectivity index (χ2n) is 4.17. The van der Waals surface area contributed by atoms with Gasteiger partial charge in [-0.15, -0.1) is 0 Å². The molecule has 0 aromatic rings. The molecule has 0 saturated heterocycles. The number of aliphatic hydroxyl groups excluding tert-OH is 1. The molecule has 0 radical (unpaired) electrons. The van der Waals surface area contributed by atoms with E-state index in [1.54, 1.807) is 0 Å². The number of carboxylic acid groups (broad SMARTS) is 1. The second kappa shape index (κ2) is 5.81. The minimum Gasteiger partial charge on any atom is -0.481 e. The number of nitrogens with two attached hydrogens (primary N) is 1. The van der Waals surface area contributed by atoms with E-state index in [0.29, 0.717) is 12.8 Å². The number of aliphatic hydroxyl groups is 1. The van der Waals surface area contributed by atoms with E-state index in [-0.39, 0.29) is 6.04 Å². The van der Waals surface area contributed by atoms with Crippen LogP contribution in [-0.4, -0.2) is 40.3 Å². The minimum atomic E-state index is -1.10. The third-order valence-corrected chi connectivity index (χ3v) is 2.79. The number of rotatable bonds is 4. The van der Waals surface area contributed by atoms with Crippen LogP contribution in [0.1, 0.15) is 32.1 Å². The molecule has 0 heterocycles. The molecule has 1 fully saturated rings. The Hall–Kier alpha value is -1.14. The van der Waals surface area contributed by atoms with Gasteiger partial charge >= 0.3 is 5.97 Å². The first kappa shape index (κ1) is 12.9. The first-order chi connectivity index (χ1) is 7.50. The Bertz CT molecular complexity index is 270. The molecule has 0 aromatic heterocycles. The Morgan fingerprint density at radius 3 is 2.56 bits per heavy atom. The smallest absolute Gasteiger partial charge is 0.305 e. The van der Waals surface area contributed by atoms with Gasteiger partial charge in [-0.2, -0.15) is 0 Å². The highest BCUT2D eigenvalue weighted by molar-refractivity contribution is 5.86. The molecule has 1 rings (SSSR count). The van der Waals surface area contributed by atoms with Crippen LogP contribution in [-0.2, 0) is 9.59 Å². The highest BCUT2D eigenvalue weighted by Gasteiger charge is 2.26. The van der Waals surface area contributed by atoms with Crippen LogP contribution in [0, 0.1) is 0 Å². The zero-order valence-corrected chi connectivity index (χ0v) is 9.06. The fourth-order valence-electron chi connectivity index (χ4n) is 1.85. The first-order valence-electron chi connectivity index (χ1n) is 5.46. The first-order valence-corrected chi connectivity index (χ1v) is 5.46. The van der Waals surface area contributed by atoms with Crippen LogP contribution in [0.5, 0.6) is 0 Å². The average molecular weight is 230 g/mol. The van der Waals surface area contributed by atoms with Crippen molar-refractivity contribution in [2.45, 2.75) is 50.3 Å². The Morgan fingerprint density at radius 1 is 1.38 bits per heavy atom. The van der Waals surface area contributed by atoms with Crippen molar-refractivity contribution < 1.29 is 19.8 Å². The predicted molar refractivity (Wildman–Crippen MR) is 56.6 cm³/mol. The predicted octanol–water partition coefficient (Wildman–Crippen LogP) is -0.792. The van der Waals surface area contributed by atoms with Gasteiger partial charge in [0.15, 0.2) is 0 Å². The van der Waals surface area contributed by atoms with Gasteiger partial charge in [-0.05, 0) is 12.8 Å². The van der Waals surface area contributed by atoms with Gasteiger partial charge in [0.2, 0.25) is 5.91 Å². The number of aliphatic carboxylic acids is 1. The summed E-state index contributed by atoms with van der Waals surface area (Å²) in [7, 11) is 0. The van der Waals surface area contributed by atoms with Gasteiger partial charge in [-0.25, -0.2) is 0 Å². The lowest BCUT2D eigenvalue weighted by molar-refractivity contribution is -0.139. The molecule has 3 atom stereocenters. The summed E-state index contributed by atoms with van der Waals surface area (Å²) in [5, 5.41) is 20.7. The molecule has 1 amide bonds. The normalized spacial score (nSPS) is 27.1. The van der Waals surface area contributed by atoms with Crippen molar-refractivity contribution in [2.75, 3.05) is 0 Å². The van der Waals surface area contributed by atoms with Crippen LogP contribution in [0.2, 0.25) is 0 Å². The molecule has 16 heavy (non-hydrogen) atoms. The molecule has 0 bridgehead atoms. The molecule has 1 aliphatic rings. The van der Waals surface area contributed by atoms with E-state index < -0.39 is 30.4 Å². The van der Waals surface area contributed by atoms with Gasteiger partial charge < -0.3 is 21.3 Å². The minimum absolute atomic E-state index is 0.291. The van der Waals surface area contributed by atoms with Crippen LogP contribution in [0.15, 0.2) is 0 Å². The van der Waals surface area contributed by atoms with E-state index in [0.717, 1.165) is 12.8 Å². The molecule has 6 heteroatoms. The van der Waals surface area contributed by atoms with Crippen molar-refractivity contribution in [1.82, 2.24) is 5.32 Å². The lowest BCUT2D eigenvalue weighted by Crippen LogP contribution is -2.51. The zero-order valence-electron chi connectivity index (χ0n) is 9.06. The summed E-state index contributed by atoms with van der Waals surface area (Å²) < 4.78 is 0. The van der Waals surface area contributed by atoms with Crippen LogP contribution >= 0.6 is 0 Å². The van der Waals surface area contributed by atoms with Crippen molar-refractivity contribution in [2.24, 2.45) is 5.73 Å². The van der Waals surface area contributed by atoms with E-state index in [2.05, 4.69) is 5.32 Å². The number of carbonyl (C=O) groups is 2. The maximum absolute atomic E-state index is 11.5. The Morgan fingerprint density at radius 2 is 2.00 bits per heavy atom. The average Bonchev–Trinajstić information content (AvgIpc) is 2.20. The maximum Gasteiger partial charge on any atom is 0.305 e. The van der Waals surface area contributed by atoms with Gasteiger partial charge in [0.05, 0.1) is 24.6 Å². The van der Waals surface area contributed by atoms with Crippen molar-refractivity contribution >= 4 is 11.9 Å². The summed E-state index contributed by atoms with van der Waals surface area (Å²) in [5.74, 6) is -1.61. The van der Waals surface area contributed by atoms with Gasteiger partial charge in [-0.1, -0.05) is 12.8 Å². The van der Waals surface area contributed by atoms with Crippen molar-refractivity contribution in [3.8, 4) is 0 Å². The van der Waals surface area contributed by atoms with E-state index >= 15 is 0 Å². The molecule has 92 valence electrons. The van der Waals surface area contributed by atoms with E-state index in [4.69, 9.17) is 10.8 Å². The standard InChI is InChI=1S/C10H18N2O4/c11-6(5-9(14)15)10(16)12-7-3-1-2-4-8(7)13/h6-8,13H,1-5,11H2,(H,12,16)(H,14,15)/t6?,7-,8-/m0/s1. The third kappa shape index (κ3) is 3.79. The largest absolute Gasteiger partial charge is 0.481 e. The fourth-order valence-corrected chi connectivity index (χ4v) is 1.85. The summed E-state index contributed by atoms with van der Waals surface area (Å²) in [6.45, 7) is 0. The molecule has 6 nitrogen and oxygen atoms in total. The molecule has 0 spiro atoms. The van der Waals surface area contributed by atoms with Crippen molar-refractivity contribution in [3.63, 3.8) is 0 Å². The maximum atomic E-state index is 11.5. The summed E-state index contributed by atoms with van der Waals surface area (Å²) in [4.78, 5) is 21.8. The van der Waals surface area contributed by atoms with Crippen LogP contribution < -0.4 is 11.1 Å². The number of amides is 1. The zero-order chi connectivity index (χ0) is 12.1. The number of hydrogen-bond donors (Lipinski definition) is 4. The lowest BCUT2D eigenvalue weighted by atomic mass is 9.92. The fraction of sp³-hybridized carbons (Fsp3) is 0.800. The Labute approximate surface area is 93.8 Å². The summed E-state index contributed by atoms with van der Waals surface area (Å²) in [6.07, 6.45) is 2.35. The van der Waals surface area contributed by atoms with Crippen molar-refractivity contribution in [1.29, 1.82) is 0 Å². The number of carboxylic acids is 1. The van der Waals surface area contributed by atoms with E-state index in [9.17, 15) is 14.7 Å². The van der Waals surface area contributed by atoms with Gasteiger partial charge in [0.25, 0.3) is 0 Å². The Kier molecular flexibility index (Phi) is 4.70. The molecule has 5 N–H and O–H groups in total. The van der Waals surface area contributed by atoms with Crippen LogP contribution in [0.3, 0.4) is 0 Å². The Balaban J connectivity index is 2.40. The molecule has 0 aliphatic heterocycles. The molecule has 1 unspecified atom stereocenters. The topological polar surface area (TPSA) is 113 Å². The summed E-state index contributed by atoms with van der Waals surface area (Å²) in [6, 6.07) is -1.34. The molecular weight excluding hydrogens is 212 g/mol. The second-order valence-corrected chi connectivity index (χ2v) is 4.17. The SMILES string of the molecule is NC(CC(=O)O)C(=O)N[C@H]1CCCC[C@@H]1O. The van der Waals surface area contributed by atoms with E-state index in [1.807, 2.05) is 0 Å². The monoisotopic (exact) mass is 230 g/mol. The molecule has 1 aliphatic carbocycles. The summed E-state index contributed by atoms with van der Waals surface area (Å²) >= 11 is 0. The summed E-state index contributed by atoms with van der Waals surface area (Å²) in [5.41, 5.74) is 5.41. The van der Waals surface area contributed by atoms with Gasteiger partial charge in [0.1, 0.15) is 0 Å². The number of carbonyl (C=O) groups excluding carboxylic acids is 1. The highest BCUT2D eigenvalue weighted by atomic mass is 16.4. The van der Waals surface area contributed by atoms with Gasteiger partial charge in [0, 0.05) is 0 Å². The van der Waals surface area contributed by atoms with Gasteiger partial charge in [-0.3, -0.25) is 9.59 Å². The molecular formula is C10H18N2O4. The van der Waals surface area contributed by atoms with Crippen LogP contribution in [0.25, 0.3) is 0 Å². The third-order valence-electron chi connectivity index (χ3n) is 2.79. The van der Waals surface area contributed by atoms with Crippen molar-refractivity contribution in [3.05, 3.63) is 0 Å². The van der Waals surface area contributed by atoms with E-state index in [1.165, 1.54) is 0 Å². The highest BCUT2D eigenvalue weighted by Crippen LogP contribution is 2.18. The quantitative estimate of drug-likeness (QED) is 0.505.